The van der Waals surface area contributed by atoms with Gasteiger partial charge in [-0.15, -0.1) is 0 Å². The highest BCUT2D eigenvalue weighted by atomic mass is 16.4. The van der Waals surface area contributed by atoms with Gasteiger partial charge in [0, 0.05) is 18.4 Å². The Morgan fingerprint density at radius 1 is 1.15 bits per heavy atom. The predicted octanol–water partition coefficient (Wildman–Crippen LogP) is 2.35. The molecule has 1 aromatic carbocycles. The molecule has 26 heavy (non-hydrogen) atoms. The first kappa shape index (κ1) is 14.9. The highest BCUT2D eigenvalue weighted by Crippen LogP contribution is 2.25. The molecule has 0 unspecified atom stereocenters. The average molecular weight is 346 g/mol. The molecule has 0 bridgehead atoms. The van der Waals surface area contributed by atoms with Gasteiger partial charge in [0.2, 0.25) is 5.43 Å². The third-order valence-electron chi connectivity index (χ3n) is 5.05. The van der Waals surface area contributed by atoms with Gasteiger partial charge in [-0.25, -0.2) is 9.31 Å². The fraction of sp³-hybridized carbons (Fsp3) is 0.263. The molecule has 4 heterocycles. The molecule has 7 heteroatoms. The number of rotatable bonds is 0. The van der Waals surface area contributed by atoms with E-state index < -0.39 is 11.1 Å². The fourth-order valence-electron chi connectivity index (χ4n) is 3.88. The normalized spacial score (nSPS) is 14.4. The van der Waals surface area contributed by atoms with Gasteiger partial charge in [-0.1, -0.05) is 18.6 Å². The zero-order valence-electron chi connectivity index (χ0n) is 13.9. The molecule has 128 valence electrons. The maximum Gasteiger partial charge on any atom is 0.349 e. The molecule has 1 aliphatic rings. The molecule has 7 nitrogen and oxygen atoms in total. The summed E-state index contributed by atoms with van der Waals surface area (Å²) in [6, 6.07) is 9.05. The van der Waals surface area contributed by atoms with Gasteiger partial charge in [0.1, 0.15) is 28.4 Å². The molecule has 0 radical (unpaired) electrons. The lowest BCUT2D eigenvalue weighted by atomic mass is 10.1. The Morgan fingerprint density at radius 3 is 2.85 bits per heavy atom. The first-order chi connectivity index (χ1) is 12.7. The van der Waals surface area contributed by atoms with Crippen LogP contribution in [0.4, 0.5) is 0 Å². The molecular formula is C19H14N4O3. The molecule has 0 spiro atoms. The van der Waals surface area contributed by atoms with E-state index in [-0.39, 0.29) is 10.9 Å². The molecular weight excluding hydrogens is 332 g/mol. The van der Waals surface area contributed by atoms with Crippen molar-refractivity contribution in [2.75, 3.05) is 0 Å². The Hall–Kier alpha value is -3.40. The van der Waals surface area contributed by atoms with Crippen molar-refractivity contribution >= 4 is 27.5 Å². The van der Waals surface area contributed by atoms with Crippen molar-refractivity contribution in [2.45, 2.75) is 32.2 Å². The number of pyridine rings is 1. The highest BCUT2D eigenvalue weighted by molar-refractivity contribution is 6.03. The van der Waals surface area contributed by atoms with E-state index >= 15 is 0 Å². The van der Waals surface area contributed by atoms with Crippen LogP contribution in [0.2, 0.25) is 0 Å². The number of hydrogen-bond donors (Lipinski definition) is 0. The second-order valence-electron chi connectivity index (χ2n) is 6.54. The Kier molecular flexibility index (Phi) is 3.04. The largest absolute Gasteiger partial charge is 0.422 e. The van der Waals surface area contributed by atoms with Crippen LogP contribution in [0.3, 0.4) is 0 Å². The minimum Gasteiger partial charge on any atom is -0.422 e. The van der Waals surface area contributed by atoms with E-state index in [2.05, 4.69) is 0 Å². The SMILES string of the molecule is N#Cc1c(=O)c2c(=O)oc3ccccc3c2n2nc3n(c12)CCCCC3. The molecule has 0 saturated heterocycles. The van der Waals surface area contributed by atoms with Gasteiger partial charge in [0.15, 0.2) is 5.65 Å². The van der Waals surface area contributed by atoms with Crippen molar-refractivity contribution in [3.05, 3.63) is 56.3 Å². The number of aromatic nitrogens is 3. The maximum atomic E-state index is 13.0. The zero-order chi connectivity index (χ0) is 17.8. The number of benzene rings is 1. The summed E-state index contributed by atoms with van der Waals surface area (Å²) in [5, 5.41) is 14.8. The maximum absolute atomic E-state index is 13.0. The summed E-state index contributed by atoms with van der Waals surface area (Å²) >= 11 is 0. The number of fused-ring (bicyclic) bond motifs is 7. The topological polar surface area (TPSA) is 93.3 Å². The van der Waals surface area contributed by atoms with Crippen LogP contribution in [-0.4, -0.2) is 14.2 Å². The summed E-state index contributed by atoms with van der Waals surface area (Å²) in [5.74, 6) is 0.836. The third kappa shape index (κ3) is 1.84. The zero-order valence-corrected chi connectivity index (χ0v) is 13.9. The quantitative estimate of drug-likeness (QED) is 0.360. The van der Waals surface area contributed by atoms with Gasteiger partial charge < -0.3 is 8.98 Å². The van der Waals surface area contributed by atoms with E-state index in [1.54, 1.807) is 22.7 Å². The van der Waals surface area contributed by atoms with Crippen LogP contribution in [0, 0.1) is 11.3 Å². The standard InChI is InChI=1S/C19H14N4O3/c20-10-12-17(24)15-16(11-6-3-4-7-13(11)26-19(15)25)23-18(12)22-9-5-1-2-8-14(22)21-23/h3-4,6-7H,1-2,5,8-9H2. The summed E-state index contributed by atoms with van der Waals surface area (Å²) in [5.41, 5.74) is -0.104. The molecule has 1 aliphatic heterocycles. The Balaban J connectivity index is 2.14. The highest BCUT2D eigenvalue weighted by Gasteiger charge is 2.24. The first-order valence-corrected chi connectivity index (χ1v) is 8.61. The molecule has 0 saturated carbocycles. The smallest absolute Gasteiger partial charge is 0.349 e. The summed E-state index contributed by atoms with van der Waals surface area (Å²) in [7, 11) is 0. The van der Waals surface area contributed by atoms with E-state index in [0.29, 0.717) is 28.7 Å². The predicted molar refractivity (Wildman–Crippen MR) is 95.3 cm³/mol. The molecule has 3 aromatic heterocycles. The molecule has 0 amide bonds. The Morgan fingerprint density at radius 2 is 2.00 bits per heavy atom. The Labute approximate surface area is 146 Å². The summed E-state index contributed by atoms with van der Waals surface area (Å²) < 4.78 is 8.86. The molecule has 0 aliphatic carbocycles. The first-order valence-electron chi connectivity index (χ1n) is 8.61. The lowest BCUT2D eigenvalue weighted by Crippen LogP contribution is -2.20. The fourth-order valence-corrected chi connectivity index (χ4v) is 3.88. The number of aryl methyl sites for hydroxylation is 2. The van der Waals surface area contributed by atoms with Crippen molar-refractivity contribution in [3.8, 4) is 6.07 Å². The summed E-state index contributed by atoms with van der Waals surface area (Å²) in [6.45, 7) is 0.706. The molecule has 0 atom stereocenters. The molecule has 4 aromatic rings. The van der Waals surface area contributed by atoms with Crippen LogP contribution in [0.1, 0.15) is 30.7 Å². The van der Waals surface area contributed by atoms with Crippen molar-refractivity contribution in [1.82, 2.24) is 14.2 Å². The lowest BCUT2D eigenvalue weighted by Gasteiger charge is -2.07. The third-order valence-corrected chi connectivity index (χ3v) is 5.05. The minimum atomic E-state index is -0.738. The number of hydrogen-bond acceptors (Lipinski definition) is 5. The van der Waals surface area contributed by atoms with Gasteiger partial charge in [-0.2, -0.15) is 10.4 Å². The van der Waals surface area contributed by atoms with Crippen LogP contribution in [0.5, 0.6) is 0 Å². The van der Waals surface area contributed by atoms with Crippen molar-refractivity contribution in [3.63, 3.8) is 0 Å². The summed E-state index contributed by atoms with van der Waals surface area (Å²) in [4.78, 5) is 25.5. The van der Waals surface area contributed by atoms with Gasteiger partial charge in [0.25, 0.3) is 0 Å². The molecule has 0 fully saturated rings. The molecule has 0 N–H and O–H groups in total. The van der Waals surface area contributed by atoms with Gasteiger partial charge in [-0.05, 0) is 25.0 Å². The number of nitriles is 1. The second-order valence-corrected chi connectivity index (χ2v) is 6.54. The van der Waals surface area contributed by atoms with E-state index in [1.807, 2.05) is 16.7 Å². The van der Waals surface area contributed by atoms with Crippen LogP contribution >= 0.6 is 0 Å². The Bertz CT molecular complexity index is 1370. The van der Waals surface area contributed by atoms with E-state index in [1.165, 1.54) is 0 Å². The molecule has 5 rings (SSSR count). The lowest BCUT2D eigenvalue weighted by molar-refractivity contribution is 0.568. The average Bonchev–Trinajstić information content (AvgIpc) is 2.84. The number of para-hydroxylation sites is 1. The van der Waals surface area contributed by atoms with E-state index in [4.69, 9.17) is 9.52 Å². The summed E-state index contributed by atoms with van der Waals surface area (Å²) in [6.07, 6.45) is 3.84. The van der Waals surface area contributed by atoms with E-state index in [9.17, 15) is 14.9 Å². The minimum absolute atomic E-state index is 0.0549. The van der Waals surface area contributed by atoms with Crippen LogP contribution in [-0.2, 0) is 13.0 Å². The van der Waals surface area contributed by atoms with Crippen LogP contribution in [0.25, 0.3) is 27.5 Å². The second kappa shape index (κ2) is 5.30. The van der Waals surface area contributed by atoms with Crippen molar-refractivity contribution in [2.24, 2.45) is 0 Å². The van der Waals surface area contributed by atoms with Gasteiger partial charge >= 0.3 is 5.63 Å². The van der Waals surface area contributed by atoms with Crippen LogP contribution < -0.4 is 11.1 Å². The van der Waals surface area contributed by atoms with Gasteiger partial charge in [-0.3, -0.25) is 4.79 Å². The van der Waals surface area contributed by atoms with E-state index in [0.717, 1.165) is 31.5 Å². The van der Waals surface area contributed by atoms with Crippen molar-refractivity contribution < 1.29 is 4.42 Å². The monoisotopic (exact) mass is 346 g/mol. The van der Waals surface area contributed by atoms with Crippen molar-refractivity contribution in [1.29, 1.82) is 5.26 Å². The number of nitrogens with zero attached hydrogens (tertiary/aromatic N) is 4. The van der Waals surface area contributed by atoms with Crippen LogP contribution in [0.15, 0.2) is 38.3 Å². The van der Waals surface area contributed by atoms with Gasteiger partial charge in [0.05, 0.1) is 5.52 Å².